The second-order valence-electron chi connectivity index (χ2n) is 5.04. The minimum absolute atomic E-state index is 0.204. The highest BCUT2D eigenvalue weighted by Gasteiger charge is 2.16. The molecule has 0 radical (unpaired) electrons. The van der Waals surface area contributed by atoms with Crippen molar-refractivity contribution in [3.8, 4) is 5.75 Å². The molecule has 1 amide bonds. The number of carbonyl (C=O) groups excluding carboxylic acids is 1. The van der Waals surface area contributed by atoms with Crippen molar-refractivity contribution in [2.75, 3.05) is 27.2 Å². The van der Waals surface area contributed by atoms with Crippen molar-refractivity contribution in [2.24, 2.45) is 0 Å². The summed E-state index contributed by atoms with van der Waals surface area (Å²) in [7, 11) is 3.89. The topological polar surface area (TPSA) is 41.6 Å². The average Bonchev–Trinajstić information content (AvgIpc) is 3.00. The molecule has 0 aliphatic carbocycles. The Balaban J connectivity index is 0.000000231. The van der Waals surface area contributed by atoms with Gasteiger partial charge in [-0.1, -0.05) is 26.0 Å². The largest absolute Gasteiger partial charge is 0.496 e. The standard InChI is InChI=1S/C11H15NO.C4H7NO.C2H6/c1-12-7-6-9-4-3-5-11(13-2)10(9)8-12;6-4-2-1-3-5-4;1-2/h3-5H,6-8H2,1-2H3;1-3H2,(H,5,6);1-2H3. The Bertz CT molecular complexity index is 424. The van der Waals surface area contributed by atoms with E-state index in [1.165, 1.54) is 11.1 Å². The summed E-state index contributed by atoms with van der Waals surface area (Å²) in [5.41, 5.74) is 2.80. The number of nitrogens with zero attached hydrogens (tertiary/aromatic N) is 1. The van der Waals surface area contributed by atoms with Crippen LogP contribution in [-0.2, 0) is 17.8 Å². The predicted octanol–water partition coefficient (Wildman–Crippen LogP) is 2.61. The fraction of sp³-hybridized carbons (Fsp3) is 0.588. The van der Waals surface area contributed by atoms with Gasteiger partial charge in [-0.3, -0.25) is 4.79 Å². The van der Waals surface area contributed by atoms with Crippen LogP contribution in [0.5, 0.6) is 5.75 Å². The highest BCUT2D eigenvalue weighted by molar-refractivity contribution is 5.77. The summed E-state index contributed by atoms with van der Waals surface area (Å²) in [4.78, 5) is 12.5. The molecule has 2 heterocycles. The van der Waals surface area contributed by atoms with Gasteiger partial charge in [0.15, 0.2) is 0 Å². The first-order valence-corrected chi connectivity index (χ1v) is 7.80. The molecule has 1 saturated heterocycles. The van der Waals surface area contributed by atoms with Crippen molar-refractivity contribution in [1.82, 2.24) is 10.2 Å². The summed E-state index contributed by atoms with van der Waals surface area (Å²) in [5, 5.41) is 2.68. The zero-order chi connectivity index (χ0) is 15.7. The zero-order valence-electron chi connectivity index (χ0n) is 13.7. The predicted molar refractivity (Wildman–Crippen MR) is 86.6 cm³/mol. The molecule has 0 bridgehead atoms. The number of methoxy groups -OCH3 is 1. The number of fused-ring (bicyclic) bond motifs is 1. The van der Waals surface area contributed by atoms with Crippen molar-refractivity contribution in [3.05, 3.63) is 29.3 Å². The fourth-order valence-corrected chi connectivity index (χ4v) is 2.44. The Kier molecular flexibility index (Phi) is 7.83. The molecule has 21 heavy (non-hydrogen) atoms. The van der Waals surface area contributed by atoms with Gasteiger partial charge in [0.1, 0.15) is 5.75 Å². The number of likely N-dealkylation sites (N-methyl/N-ethyl adjacent to an activating group) is 1. The smallest absolute Gasteiger partial charge is 0.220 e. The molecule has 0 saturated carbocycles. The molecule has 2 aliphatic rings. The van der Waals surface area contributed by atoms with Crippen molar-refractivity contribution in [1.29, 1.82) is 0 Å². The fourth-order valence-electron chi connectivity index (χ4n) is 2.44. The van der Waals surface area contributed by atoms with Crippen LogP contribution in [0.2, 0.25) is 0 Å². The molecule has 0 aromatic heterocycles. The van der Waals surface area contributed by atoms with Crippen LogP contribution in [0.1, 0.15) is 37.8 Å². The molecular weight excluding hydrogens is 264 g/mol. The van der Waals surface area contributed by atoms with Crippen LogP contribution in [0.4, 0.5) is 0 Å². The second kappa shape index (κ2) is 9.40. The van der Waals surface area contributed by atoms with E-state index in [9.17, 15) is 4.79 Å². The van der Waals surface area contributed by atoms with E-state index in [1.807, 2.05) is 19.9 Å². The quantitative estimate of drug-likeness (QED) is 0.865. The molecule has 118 valence electrons. The van der Waals surface area contributed by atoms with Crippen LogP contribution in [-0.4, -0.2) is 38.1 Å². The summed E-state index contributed by atoms with van der Waals surface area (Å²) < 4.78 is 5.33. The summed E-state index contributed by atoms with van der Waals surface area (Å²) in [5.74, 6) is 1.24. The molecule has 1 N–H and O–H groups in total. The van der Waals surface area contributed by atoms with Gasteiger partial charge in [-0.25, -0.2) is 0 Å². The third-order valence-corrected chi connectivity index (χ3v) is 3.54. The highest BCUT2D eigenvalue weighted by atomic mass is 16.5. The third-order valence-electron chi connectivity index (χ3n) is 3.54. The molecule has 0 atom stereocenters. The van der Waals surface area contributed by atoms with Gasteiger partial charge < -0.3 is 15.0 Å². The minimum Gasteiger partial charge on any atom is -0.496 e. The number of hydrogen-bond donors (Lipinski definition) is 1. The molecule has 4 heteroatoms. The van der Waals surface area contributed by atoms with E-state index in [4.69, 9.17) is 4.74 Å². The third kappa shape index (κ3) is 5.38. The number of hydrogen-bond acceptors (Lipinski definition) is 3. The SMILES string of the molecule is CC.COc1cccc2c1CN(C)CC2.O=C1CCCN1. The van der Waals surface area contributed by atoms with E-state index < -0.39 is 0 Å². The first-order chi connectivity index (χ1) is 10.2. The van der Waals surface area contributed by atoms with E-state index in [2.05, 4.69) is 29.4 Å². The van der Waals surface area contributed by atoms with Crippen LogP contribution in [0.3, 0.4) is 0 Å². The lowest BCUT2D eigenvalue weighted by Gasteiger charge is -2.26. The molecule has 1 aromatic carbocycles. The number of ether oxygens (including phenoxy) is 1. The molecule has 3 rings (SSSR count). The molecule has 1 aromatic rings. The zero-order valence-corrected chi connectivity index (χ0v) is 13.7. The molecular formula is C17H28N2O2. The lowest BCUT2D eigenvalue weighted by Crippen LogP contribution is -2.26. The Morgan fingerprint density at radius 2 is 2.00 bits per heavy atom. The number of benzene rings is 1. The lowest BCUT2D eigenvalue weighted by atomic mass is 9.99. The van der Waals surface area contributed by atoms with E-state index >= 15 is 0 Å². The Labute approximate surface area is 128 Å². The highest BCUT2D eigenvalue weighted by Crippen LogP contribution is 2.26. The second-order valence-corrected chi connectivity index (χ2v) is 5.04. The van der Waals surface area contributed by atoms with Crippen molar-refractivity contribution < 1.29 is 9.53 Å². The monoisotopic (exact) mass is 292 g/mol. The maximum atomic E-state index is 10.1. The van der Waals surface area contributed by atoms with Crippen LogP contribution in [0.15, 0.2) is 18.2 Å². The minimum atomic E-state index is 0.204. The van der Waals surface area contributed by atoms with E-state index in [-0.39, 0.29) is 5.91 Å². The van der Waals surface area contributed by atoms with Crippen molar-refractivity contribution in [2.45, 2.75) is 39.7 Å². The van der Waals surface area contributed by atoms with Gasteiger partial charge in [0.2, 0.25) is 5.91 Å². The Morgan fingerprint density at radius 3 is 2.52 bits per heavy atom. The van der Waals surface area contributed by atoms with E-state index in [0.717, 1.165) is 44.6 Å². The Hall–Kier alpha value is -1.55. The van der Waals surface area contributed by atoms with Gasteiger partial charge in [-0.15, -0.1) is 0 Å². The number of rotatable bonds is 1. The van der Waals surface area contributed by atoms with Gasteiger partial charge in [-0.05, 0) is 31.5 Å². The van der Waals surface area contributed by atoms with Crippen molar-refractivity contribution >= 4 is 5.91 Å². The molecule has 1 fully saturated rings. The normalized spacial score (nSPS) is 16.7. The lowest BCUT2D eigenvalue weighted by molar-refractivity contribution is -0.119. The van der Waals surface area contributed by atoms with Crippen LogP contribution >= 0.6 is 0 Å². The number of nitrogens with one attached hydrogen (secondary N) is 1. The first-order valence-electron chi connectivity index (χ1n) is 7.80. The summed E-state index contributed by atoms with van der Waals surface area (Å²) >= 11 is 0. The summed E-state index contributed by atoms with van der Waals surface area (Å²) in [6.45, 7) is 7.05. The van der Waals surface area contributed by atoms with Gasteiger partial charge in [-0.2, -0.15) is 0 Å². The van der Waals surface area contributed by atoms with Gasteiger partial charge in [0, 0.05) is 31.6 Å². The average molecular weight is 292 g/mol. The maximum absolute atomic E-state index is 10.1. The summed E-state index contributed by atoms with van der Waals surface area (Å²) in [6, 6.07) is 6.31. The number of amides is 1. The van der Waals surface area contributed by atoms with Crippen LogP contribution in [0, 0.1) is 0 Å². The van der Waals surface area contributed by atoms with Crippen LogP contribution < -0.4 is 10.1 Å². The van der Waals surface area contributed by atoms with E-state index in [1.54, 1.807) is 7.11 Å². The van der Waals surface area contributed by atoms with Gasteiger partial charge in [0.25, 0.3) is 0 Å². The van der Waals surface area contributed by atoms with Gasteiger partial charge in [0.05, 0.1) is 7.11 Å². The molecule has 0 unspecified atom stereocenters. The summed E-state index contributed by atoms with van der Waals surface area (Å²) in [6.07, 6.45) is 2.90. The molecule has 0 spiro atoms. The van der Waals surface area contributed by atoms with Crippen molar-refractivity contribution in [3.63, 3.8) is 0 Å². The molecule has 2 aliphatic heterocycles. The van der Waals surface area contributed by atoms with E-state index in [0.29, 0.717) is 0 Å². The number of carbonyl (C=O) groups is 1. The van der Waals surface area contributed by atoms with Gasteiger partial charge >= 0.3 is 0 Å². The molecule has 4 nitrogen and oxygen atoms in total. The van der Waals surface area contributed by atoms with Crippen LogP contribution in [0.25, 0.3) is 0 Å². The first kappa shape index (κ1) is 17.5. The maximum Gasteiger partial charge on any atom is 0.220 e. The Morgan fingerprint density at radius 1 is 1.24 bits per heavy atom.